The van der Waals surface area contributed by atoms with Gasteiger partial charge in [-0.25, -0.2) is 9.79 Å². The van der Waals surface area contributed by atoms with Crippen molar-refractivity contribution >= 4 is 29.0 Å². The molecule has 24 heavy (non-hydrogen) atoms. The zero-order valence-electron chi connectivity index (χ0n) is 13.3. The second-order valence-corrected chi connectivity index (χ2v) is 6.64. The van der Waals surface area contributed by atoms with Crippen LogP contribution in [-0.2, 0) is 6.54 Å². The van der Waals surface area contributed by atoms with Gasteiger partial charge >= 0.3 is 6.09 Å². The van der Waals surface area contributed by atoms with Crippen molar-refractivity contribution < 1.29 is 9.90 Å². The van der Waals surface area contributed by atoms with E-state index in [0.717, 1.165) is 35.8 Å². The third-order valence-electron chi connectivity index (χ3n) is 3.98. The van der Waals surface area contributed by atoms with Gasteiger partial charge in [-0.2, -0.15) is 0 Å². The molecule has 0 saturated carbocycles. The predicted octanol–water partition coefficient (Wildman–Crippen LogP) is 2.58. The summed E-state index contributed by atoms with van der Waals surface area (Å²) in [5.41, 5.74) is 8.03. The van der Waals surface area contributed by atoms with Gasteiger partial charge in [0.25, 0.3) is 0 Å². The van der Waals surface area contributed by atoms with E-state index in [0.29, 0.717) is 18.9 Å². The van der Waals surface area contributed by atoms with Crippen LogP contribution in [0.2, 0.25) is 0 Å². The standard InChI is InChI=1S/C17H20N4O2S/c18-16(15-5-2-10-24-15)19-14-4-1-3-13(11-14)12-20-6-8-21(9-7-20)17(22)23/h1-5,10-11H,6-9,12H2,(H2,18,19)(H,22,23). The van der Waals surface area contributed by atoms with Crippen LogP contribution in [0.1, 0.15) is 10.4 Å². The number of hydrogen-bond donors (Lipinski definition) is 2. The molecule has 0 aliphatic carbocycles. The molecule has 0 unspecified atom stereocenters. The fourth-order valence-corrected chi connectivity index (χ4v) is 3.33. The Morgan fingerprint density at radius 3 is 2.67 bits per heavy atom. The summed E-state index contributed by atoms with van der Waals surface area (Å²) in [6.45, 7) is 3.39. The van der Waals surface area contributed by atoms with E-state index in [2.05, 4.69) is 16.0 Å². The van der Waals surface area contributed by atoms with Gasteiger partial charge < -0.3 is 15.7 Å². The molecular formula is C17H20N4O2S. The van der Waals surface area contributed by atoms with Gasteiger partial charge in [0.15, 0.2) is 0 Å². The van der Waals surface area contributed by atoms with E-state index in [1.165, 1.54) is 4.90 Å². The first kappa shape index (κ1) is 16.5. The Hall–Kier alpha value is -2.38. The van der Waals surface area contributed by atoms with Crippen molar-refractivity contribution in [1.82, 2.24) is 9.80 Å². The third-order valence-corrected chi connectivity index (χ3v) is 4.88. The highest BCUT2D eigenvalue weighted by molar-refractivity contribution is 7.12. The molecule has 0 radical (unpaired) electrons. The van der Waals surface area contributed by atoms with E-state index < -0.39 is 6.09 Å². The first-order valence-corrected chi connectivity index (χ1v) is 8.67. The molecule has 7 heteroatoms. The summed E-state index contributed by atoms with van der Waals surface area (Å²) < 4.78 is 0. The fourth-order valence-electron chi connectivity index (χ4n) is 2.70. The number of carbonyl (C=O) groups is 1. The zero-order chi connectivity index (χ0) is 16.9. The zero-order valence-corrected chi connectivity index (χ0v) is 14.1. The normalized spacial score (nSPS) is 16.3. The van der Waals surface area contributed by atoms with Gasteiger partial charge in [-0.1, -0.05) is 18.2 Å². The Morgan fingerprint density at radius 2 is 2.00 bits per heavy atom. The number of piperazine rings is 1. The molecule has 6 nitrogen and oxygen atoms in total. The second-order valence-electron chi connectivity index (χ2n) is 5.69. The van der Waals surface area contributed by atoms with Gasteiger partial charge in [0.1, 0.15) is 5.84 Å². The van der Waals surface area contributed by atoms with Crippen molar-refractivity contribution in [1.29, 1.82) is 0 Å². The molecule has 0 atom stereocenters. The van der Waals surface area contributed by atoms with Crippen molar-refractivity contribution in [3.63, 3.8) is 0 Å². The maximum Gasteiger partial charge on any atom is 0.407 e. The van der Waals surface area contributed by atoms with Crippen molar-refractivity contribution in [3.8, 4) is 0 Å². The van der Waals surface area contributed by atoms with Gasteiger partial charge in [-0.05, 0) is 29.1 Å². The summed E-state index contributed by atoms with van der Waals surface area (Å²) in [4.78, 5) is 20.1. The van der Waals surface area contributed by atoms with Crippen LogP contribution in [0.3, 0.4) is 0 Å². The lowest BCUT2D eigenvalue weighted by molar-refractivity contribution is 0.103. The van der Waals surface area contributed by atoms with Gasteiger partial charge in [0.2, 0.25) is 0 Å². The van der Waals surface area contributed by atoms with Crippen LogP contribution in [-0.4, -0.2) is 53.0 Å². The summed E-state index contributed by atoms with van der Waals surface area (Å²) in [6, 6.07) is 11.9. The number of amidine groups is 1. The Balaban J connectivity index is 1.64. The molecule has 1 aliphatic rings. The SMILES string of the molecule is N/C(=N\c1cccc(CN2CCN(C(=O)O)CC2)c1)c1cccs1. The van der Waals surface area contributed by atoms with Crippen LogP contribution in [0.4, 0.5) is 10.5 Å². The molecular weight excluding hydrogens is 324 g/mol. The number of benzene rings is 1. The molecule has 1 aromatic heterocycles. The molecule has 2 heterocycles. The Bertz CT molecular complexity index is 722. The van der Waals surface area contributed by atoms with E-state index in [1.807, 2.05) is 35.7 Å². The minimum Gasteiger partial charge on any atom is -0.465 e. The van der Waals surface area contributed by atoms with Crippen LogP contribution in [0, 0.1) is 0 Å². The summed E-state index contributed by atoms with van der Waals surface area (Å²) >= 11 is 1.57. The minimum absolute atomic E-state index is 0.525. The summed E-state index contributed by atoms with van der Waals surface area (Å²) in [7, 11) is 0. The summed E-state index contributed by atoms with van der Waals surface area (Å²) in [5.74, 6) is 0.525. The van der Waals surface area contributed by atoms with Gasteiger partial charge in [-0.3, -0.25) is 4.90 Å². The molecule has 1 saturated heterocycles. The minimum atomic E-state index is -0.838. The molecule has 126 valence electrons. The molecule has 1 amide bonds. The number of amides is 1. The van der Waals surface area contributed by atoms with E-state index in [1.54, 1.807) is 11.3 Å². The number of hydrogen-bond acceptors (Lipinski definition) is 4. The quantitative estimate of drug-likeness (QED) is 0.660. The fraction of sp³-hybridized carbons (Fsp3) is 0.294. The van der Waals surface area contributed by atoms with Crippen LogP contribution in [0.15, 0.2) is 46.8 Å². The van der Waals surface area contributed by atoms with Crippen molar-refractivity contribution in [2.24, 2.45) is 10.7 Å². The lowest BCUT2D eigenvalue weighted by Gasteiger charge is -2.33. The van der Waals surface area contributed by atoms with Crippen LogP contribution in [0.5, 0.6) is 0 Å². The van der Waals surface area contributed by atoms with E-state index in [9.17, 15) is 4.79 Å². The number of aliphatic imine (C=N–C) groups is 1. The highest BCUT2D eigenvalue weighted by Gasteiger charge is 2.20. The number of rotatable bonds is 4. The lowest BCUT2D eigenvalue weighted by atomic mass is 10.1. The van der Waals surface area contributed by atoms with E-state index in [-0.39, 0.29) is 0 Å². The summed E-state index contributed by atoms with van der Waals surface area (Å²) in [6.07, 6.45) is -0.838. The maximum absolute atomic E-state index is 10.9. The molecule has 1 aliphatic heterocycles. The first-order chi connectivity index (χ1) is 11.6. The Kier molecular flexibility index (Phi) is 5.12. The molecule has 2 aromatic rings. The van der Waals surface area contributed by atoms with Gasteiger partial charge in [-0.15, -0.1) is 11.3 Å². The molecule has 0 bridgehead atoms. The smallest absolute Gasteiger partial charge is 0.407 e. The van der Waals surface area contributed by atoms with Crippen LogP contribution < -0.4 is 5.73 Å². The third kappa shape index (κ3) is 4.12. The van der Waals surface area contributed by atoms with Gasteiger partial charge in [0, 0.05) is 32.7 Å². The highest BCUT2D eigenvalue weighted by Crippen LogP contribution is 2.18. The topological polar surface area (TPSA) is 82.2 Å². The molecule has 3 N–H and O–H groups in total. The van der Waals surface area contributed by atoms with Crippen LogP contribution in [0.25, 0.3) is 0 Å². The van der Waals surface area contributed by atoms with Gasteiger partial charge in [0.05, 0.1) is 10.6 Å². The Morgan fingerprint density at radius 1 is 1.21 bits per heavy atom. The Labute approximate surface area is 144 Å². The van der Waals surface area contributed by atoms with Crippen LogP contribution >= 0.6 is 11.3 Å². The number of nitrogens with zero attached hydrogens (tertiary/aromatic N) is 3. The number of nitrogens with two attached hydrogens (primary N) is 1. The van der Waals surface area contributed by atoms with Crippen molar-refractivity contribution in [2.75, 3.05) is 26.2 Å². The van der Waals surface area contributed by atoms with Crippen molar-refractivity contribution in [3.05, 3.63) is 52.2 Å². The molecule has 1 fully saturated rings. The molecule has 0 spiro atoms. The monoisotopic (exact) mass is 344 g/mol. The first-order valence-electron chi connectivity index (χ1n) is 7.79. The number of carboxylic acid groups (broad SMARTS) is 1. The second kappa shape index (κ2) is 7.46. The van der Waals surface area contributed by atoms with Crippen molar-refractivity contribution in [2.45, 2.75) is 6.54 Å². The lowest BCUT2D eigenvalue weighted by Crippen LogP contribution is -2.47. The maximum atomic E-state index is 10.9. The highest BCUT2D eigenvalue weighted by atomic mass is 32.1. The van der Waals surface area contributed by atoms with E-state index >= 15 is 0 Å². The molecule has 1 aromatic carbocycles. The number of thiophene rings is 1. The average Bonchev–Trinajstić information content (AvgIpc) is 3.10. The average molecular weight is 344 g/mol. The largest absolute Gasteiger partial charge is 0.465 e. The predicted molar refractivity (Wildman–Crippen MR) is 96.0 cm³/mol. The summed E-state index contributed by atoms with van der Waals surface area (Å²) in [5, 5.41) is 11.0. The van der Waals surface area contributed by atoms with E-state index in [4.69, 9.17) is 10.8 Å². The molecule has 3 rings (SSSR count).